The minimum atomic E-state index is -4.58. The summed E-state index contributed by atoms with van der Waals surface area (Å²) in [5.74, 6) is 0.677. The Morgan fingerprint density at radius 3 is 2.59 bits per heavy atom. The maximum absolute atomic E-state index is 13.1. The summed E-state index contributed by atoms with van der Waals surface area (Å²) in [6.07, 6.45) is -5.26. The summed E-state index contributed by atoms with van der Waals surface area (Å²) in [5.41, 5.74) is 1.69. The van der Waals surface area contributed by atoms with Gasteiger partial charge in [0.2, 0.25) is 5.95 Å². The fourth-order valence-corrected chi connectivity index (χ4v) is 3.17. The van der Waals surface area contributed by atoms with E-state index in [0.29, 0.717) is 11.4 Å². The smallest absolute Gasteiger partial charge is 0.428 e. The molecule has 2 aromatic heterocycles. The summed E-state index contributed by atoms with van der Waals surface area (Å²) in [5, 5.41) is 6.16. The van der Waals surface area contributed by atoms with Gasteiger partial charge < -0.3 is 20.3 Å². The highest BCUT2D eigenvalue weighted by molar-refractivity contribution is 5.63. The van der Waals surface area contributed by atoms with Crippen LogP contribution < -0.4 is 20.3 Å². The van der Waals surface area contributed by atoms with Crippen molar-refractivity contribution in [3.05, 3.63) is 54.9 Å². The molecular weight excluding hydrogens is 428 g/mol. The van der Waals surface area contributed by atoms with E-state index in [9.17, 15) is 17.6 Å². The summed E-state index contributed by atoms with van der Waals surface area (Å²) in [6, 6.07) is 10.8. The Balaban J connectivity index is 1.47. The molecule has 0 radical (unpaired) electrons. The monoisotopic (exact) mass is 448 g/mol. The topological polar surface area (TPSA) is 75.2 Å². The van der Waals surface area contributed by atoms with Crippen molar-refractivity contribution in [3.63, 3.8) is 0 Å². The van der Waals surface area contributed by atoms with Crippen LogP contribution in [0.5, 0.6) is 5.75 Å². The maximum atomic E-state index is 13.1. The van der Waals surface area contributed by atoms with Gasteiger partial charge in [0, 0.05) is 55.9 Å². The predicted molar refractivity (Wildman–Crippen MR) is 112 cm³/mol. The molecule has 0 bridgehead atoms. The van der Waals surface area contributed by atoms with Crippen molar-refractivity contribution in [3.8, 4) is 17.0 Å². The number of anilines is 3. The van der Waals surface area contributed by atoms with E-state index >= 15 is 0 Å². The number of nitrogens with zero attached hydrogens (tertiary/aromatic N) is 4. The summed E-state index contributed by atoms with van der Waals surface area (Å²) in [7, 11) is 0. The van der Waals surface area contributed by atoms with Crippen LogP contribution in [0, 0.1) is 0 Å². The molecule has 3 aromatic rings. The van der Waals surface area contributed by atoms with Crippen molar-refractivity contribution >= 4 is 17.5 Å². The molecule has 0 amide bonds. The highest BCUT2D eigenvalue weighted by atomic mass is 19.3. The lowest BCUT2D eigenvalue weighted by molar-refractivity contribution is -0.253. The second-order valence-electron chi connectivity index (χ2n) is 7.03. The molecule has 32 heavy (non-hydrogen) atoms. The van der Waals surface area contributed by atoms with Gasteiger partial charge in [-0.2, -0.15) is 17.6 Å². The van der Waals surface area contributed by atoms with Gasteiger partial charge in [-0.3, -0.25) is 0 Å². The van der Waals surface area contributed by atoms with Crippen LogP contribution in [0.1, 0.15) is 0 Å². The summed E-state index contributed by atoms with van der Waals surface area (Å²) < 4.78 is 55.1. The zero-order chi connectivity index (χ0) is 22.6. The number of aromatic nitrogens is 3. The Bertz CT molecular complexity index is 1040. The van der Waals surface area contributed by atoms with Crippen LogP contribution >= 0.6 is 0 Å². The number of benzene rings is 1. The number of piperazine rings is 1. The number of halogens is 4. The molecule has 0 spiro atoms. The molecule has 0 atom stereocenters. The molecular formula is C21H20F4N6O. The van der Waals surface area contributed by atoms with E-state index in [4.69, 9.17) is 0 Å². The first-order chi connectivity index (χ1) is 15.4. The average molecular weight is 448 g/mol. The lowest BCUT2D eigenvalue weighted by atomic mass is 10.2. The SMILES string of the molecule is FC(F)C(F)(F)Oc1cccc(Nc2nccc(-c3ccc(N4CCNCC4)nc3)n2)c1. The normalized spacial score (nSPS) is 14.5. The number of hydrogen-bond donors (Lipinski definition) is 2. The Labute approximate surface area is 181 Å². The molecule has 1 saturated heterocycles. The fraction of sp³-hybridized carbons (Fsp3) is 0.286. The van der Waals surface area contributed by atoms with E-state index in [0.717, 1.165) is 49.7 Å². The number of hydrogen-bond acceptors (Lipinski definition) is 7. The van der Waals surface area contributed by atoms with Crippen LogP contribution in [-0.2, 0) is 0 Å². The Hall–Kier alpha value is -3.47. The van der Waals surface area contributed by atoms with Crippen LogP contribution in [-0.4, -0.2) is 53.7 Å². The summed E-state index contributed by atoms with van der Waals surface area (Å²) in [4.78, 5) is 15.3. The zero-order valence-electron chi connectivity index (χ0n) is 16.8. The van der Waals surface area contributed by atoms with Crippen LogP contribution in [0.2, 0.25) is 0 Å². The van der Waals surface area contributed by atoms with Crippen LogP contribution in [0.3, 0.4) is 0 Å². The average Bonchev–Trinajstić information content (AvgIpc) is 2.80. The van der Waals surface area contributed by atoms with Gasteiger partial charge in [0.15, 0.2) is 0 Å². The van der Waals surface area contributed by atoms with E-state index in [1.807, 2.05) is 12.1 Å². The van der Waals surface area contributed by atoms with E-state index < -0.39 is 18.3 Å². The summed E-state index contributed by atoms with van der Waals surface area (Å²) in [6.45, 7) is 3.60. The molecule has 0 unspecified atom stereocenters. The third kappa shape index (κ3) is 5.22. The van der Waals surface area contributed by atoms with Crippen molar-refractivity contribution in [2.45, 2.75) is 12.5 Å². The fourth-order valence-electron chi connectivity index (χ4n) is 3.17. The predicted octanol–water partition coefficient (Wildman–Crippen LogP) is 3.93. The van der Waals surface area contributed by atoms with E-state index in [1.54, 1.807) is 24.5 Å². The Morgan fingerprint density at radius 2 is 1.88 bits per heavy atom. The van der Waals surface area contributed by atoms with Crippen molar-refractivity contribution in [2.24, 2.45) is 0 Å². The molecule has 1 fully saturated rings. The molecule has 168 valence electrons. The quantitative estimate of drug-likeness (QED) is 0.531. The van der Waals surface area contributed by atoms with E-state index in [1.165, 1.54) is 6.07 Å². The van der Waals surface area contributed by atoms with Gasteiger partial charge in [-0.15, -0.1) is 0 Å². The van der Waals surface area contributed by atoms with Gasteiger partial charge in [0.25, 0.3) is 0 Å². The van der Waals surface area contributed by atoms with Crippen molar-refractivity contribution < 1.29 is 22.3 Å². The van der Waals surface area contributed by atoms with Gasteiger partial charge in [-0.05, 0) is 30.3 Å². The second kappa shape index (κ2) is 9.35. The molecule has 2 N–H and O–H groups in total. The van der Waals surface area contributed by atoms with Crippen molar-refractivity contribution in [2.75, 3.05) is 36.4 Å². The third-order valence-corrected chi connectivity index (χ3v) is 4.74. The standard InChI is InChI=1S/C21H20F4N6O/c22-19(23)21(24,25)32-16-3-1-2-15(12-16)29-20-27-7-6-17(30-20)14-4-5-18(28-13-14)31-10-8-26-9-11-31/h1-7,12-13,19,26H,8-11H2,(H,27,29,30). The molecule has 4 rings (SSSR count). The molecule has 1 aliphatic heterocycles. The molecule has 1 aromatic carbocycles. The zero-order valence-corrected chi connectivity index (χ0v) is 16.8. The molecule has 0 aliphatic carbocycles. The Morgan fingerprint density at radius 1 is 1.06 bits per heavy atom. The Kier molecular flexibility index (Phi) is 6.35. The van der Waals surface area contributed by atoms with Crippen LogP contribution in [0.15, 0.2) is 54.9 Å². The molecule has 3 heterocycles. The number of pyridine rings is 1. The van der Waals surface area contributed by atoms with Crippen LogP contribution in [0.4, 0.5) is 35.0 Å². The molecule has 7 nitrogen and oxygen atoms in total. The molecule has 1 aliphatic rings. The van der Waals surface area contributed by atoms with Gasteiger partial charge in [0.1, 0.15) is 11.6 Å². The second-order valence-corrected chi connectivity index (χ2v) is 7.03. The van der Waals surface area contributed by atoms with Gasteiger partial charge in [-0.25, -0.2) is 15.0 Å². The largest absolute Gasteiger partial charge is 0.461 e. The first-order valence-electron chi connectivity index (χ1n) is 9.88. The number of ether oxygens (including phenoxy) is 1. The van der Waals surface area contributed by atoms with E-state index in [-0.39, 0.29) is 5.95 Å². The molecule has 0 saturated carbocycles. The highest BCUT2D eigenvalue weighted by Gasteiger charge is 2.44. The van der Waals surface area contributed by atoms with Gasteiger partial charge >= 0.3 is 12.5 Å². The van der Waals surface area contributed by atoms with Gasteiger partial charge in [-0.1, -0.05) is 6.07 Å². The third-order valence-electron chi connectivity index (χ3n) is 4.74. The number of rotatable bonds is 7. The number of alkyl halides is 4. The number of nitrogens with one attached hydrogen (secondary N) is 2. The van der Waals surface area contributed by atoms with Crippen molar-refractivity contribution in [1.82, 2.24) is 20.3 Å². The van der Waals surface area contributed by atoms with Crippen LogP contribution in [0.25, 0.3) is 11.3 Å². The van der Waals surface area contributed by atoms with Crippen molar-refractivity contribution in [1.29, 1.82) is 0 Å². The highest BCUT2D eigenvalue weighted by Crippen LogP contribution is 2.29. The minimum absolute atomic E-state index is 0.200. The van der Waals surface area contributed by atoms with Gasteiger partial charge in [0.05, 0.1) is 5.69 Å². The first kappa shape index (κ1) is 21.8. The lowest BCUT2D eigenvalue weighted by Gasteiger charge is -2.28. The lowest BCUT2D eigenvalue weighted by Crippen LogP contribution is -2.43. The summed E-state index contributed by atoms with van der Waals surface area (Å²) >= 11 is 0. The minimum Gasteiger partial charge on any atom is -0.428 e. The maximum Gasteiger partial charge on any atom is 0.461 e. The molecule has 11 heteroatoms. The first-order valence-corrected chi connectivity index (χ1v) is 9.88. The van der Waals surface area contributed by atoms with E-state index in [2.05, 4.69) is 35.2 Å².